The maximum Gasteiger partial charge on any atom is 0.252 e. The number of carbonyl (C=O) groups is 1. The number of nitrogens with one attached hydrogen (secondary N) is 1. The van der Waals surface area contributed by atoms with Crippen molar-refractivity contribution in [1.82, 2.24) is 15.1 Å². The van der Waals surface area contributed by atoms with Gasteiger partial charge in [-0.25, -0.2) is 0 Å². The van der Waals surface area contributed by atoms with Gasteiger partial charge in [-0.1, -0.05) is 6.07 Å². The van der Waals surface area contributed by atoms with Gasteiger partial charge in [-0.15, -0.1) is 0 Å². The van der Waals surface area contributed by atoms with Gasteiger partial charge in [-0.05, 0) is 53.0 Å². The number of aryl methyl sites for hydroxylation is 2. The molecule has 1 heterocycles. The maximum atomic E-state index is 12.0. The van der Waals surface area contributed by atoms with Crippen LogP contribution in [-0.4, -0.2) is 22.2 Å². The third-order valence-corrected chi connectivity index (χ3v) is 3.41. The van der Waals surface area contributed by atoms with Crippen LogP contribution in [0.1, 0.15) is 21.5 Å². The number of carbonyl (C=O) groups excluding carboxylic acids is 1. The zero-order valence-electron chi connectivity index (χ0n) is 11.0. The SMILES string of the molecule is Cc1ccc(C(=O)NCCn2cc(C)cn2)c(Br)c1. The molecule has 0 spiro atoms. The number of aromatic nitrogens is 2. The highest BCUT2D eigenvalue weighted by Gasteiger charge is 2.09. The molecule has 0 unspecified atom stereocenters. The molecule has 5 heteroatoms. The summed E-state index contributed by atoms with van der Waals surface area (Å²) in [6, 6.07) is 5.69. The van der Waals surface area contributed by atoms with Crippen molar-refractivity contribution in [1.29, 1.82) is 0 Å². The summed E-state index contributed by atoms with van der Waals surface area (Å²) in [5.41, 5.74) is 2.89. The van der Waals surface area contributed by atoms with Crippen molar-refractivity contribution < 1.29 is 4.79 Å². The lowest BCUT2D eigenvalue weighted by atomic mass is 10.1. The summed E-state index contributed by atoms with van der Waals surface area (Å²) in [7, 11) is 0. The largest absolute Gasteiger partial charge is 0.350 e. The fourth-order valence-corrected chi connectivity index (χ4v) is 2.45. The van der Waals surface area contributed by atoms with Crippen LogP contribution < -0.4 is 5.32 Å². The first-order valence-corrected chi connectivity index (χ1v) is 6.89. The number of hydrogen-bond acceptors (Lipinski definition) is 2. The van der Waals surface area contributed by atoms with Gasteiger partial charge in [-0.2, -0.15) is 5.10 Å². The summed E-state index contributed by atoms with van der Waals surface area (Å²) in [5, 5.41) is 7.06. The lowest BCUT2D eigenvalue weighted by Crippen LogP contribution is -2.27. The van der Waals surface area contributed by atoms with Crippen LogP contribution in [0.15, 0.2) is 35.1 Å². The van der Waals surface area contributed by atoms with Crippen LogP contribution in [0.3, 0.4) is 0 Å². The summed E-state index contributed by atoms with van der Waals surface area (Å²) in [5.74, 6) is -0.0734. The molecule has 1 N–H and O–H groups in total. The van der Waals surface area contributed by atoms with Crippen LogP contribution in [-0.2, 0) is 6.54 Å². The standard InChI is InChI=1S/C14H16BrN3O/c1-10-3-4-12(13(15)7-10)14(19)16-5-6-18-9-11(2)8-17-18/h3-4,7-9H,5-6H2,1-2H3,(H,16,19). The third-order valence-electron chi connectivity index (χ3n) is 2.76. The van der Waals surface area contributed by atoms with Crippen molar-refractivity contribution in [2.75, 3.05) is 6.54 Å². The van der Waals surface area contributed by atoms with Crippen LogP contribution in [0.4, 0.5) is 0 Å². The molecule has 19 heavy (non-hydrogen) atoms. The molecule has 0 fully saturated rings. The molecule has 0 aliphatic carbocycles. The molecule has 0 radical (unpaired) electrons. The van der Waals surface area contributed by atoms with Crippen LogP contribution in [0.5, 0.6) is 0 Å². The van der Waals surface area contributed by atoms with Crippen LogP contribution >= 0.6 is 15.9 Å². The third kappa shape index (κ3) is 3.67. The van der Waals surface area contributed by atoms with Crippen molar-refractivity contribution in [3.05, 3.63) is 51.8 Å². The summed E-state index contributed by atoms with van der Waals surface area (Å²) in [6.45, 7) is 5.21. The van der Waals surface area contributed by atoms with Crippen molar-refractivity contribution >= 4 is 21.8 Å². The van der Waals surface area contributed by atoms with E-state index >= 15 is 0 Å². The summed E-state index contributed by atoms with van der Waals surface area (Å²) < 4.78 is 2.64. The van der Waals surface area contributed by atoms with Gasteiger partial charge in [0.1, 0.15) is 0 Å². The number of benzene rings is 1. The fourth-order valence-electron chi connectivity index (χ4n) is 1.77. The Labute approximate surface area is 120 Å². The van der Waals surface area contributed by atoms with E-state index in [1.807, 2.05) is 42.9 Å². The number of amides is 1. The molecule has 0 aliphatic rings. The maximum absolute atomic E-state index is 12.0. The minimum atomic E-state index is -0.0734. The molecule has 0 saturated heterocycles. The predicted molar refractivity (Wildman–Crippen MR) is 78.2 cm³/mol. The molecule has 0 saturated carbocycles. The topological polar surface area (TPSA) is 46.9 Å². The first kappa shape index (κ1) is 13.8. The first-order chi connectivity index (χ1) is 9.06. The number of rotatable bonds is 4. The molecule has 100 valence electrons. The monoisotopic (exact) mass is 321 g/mol. The highest BCUT2D eigenvalue weighted by molar-refractivity contribution is 9.10. The van der Waals surface area contributed by atoms with E-state index in [0.717, 1.165) is 15.6 Å². The van der Waals surface area contributed by atoms with E-state index in [0.29, 0.717) is 18.7 Å². The minimum Gasteiger partial charge on any atom is -0.350 e. The van der Waals surface area contributed by atoms with E-state index in [1.54, 1.807) is 6.20 Å². The molecular formula is C14H16BrN3O. The summed E-state index contributed by atoms with van der Waals surface area (Å²) in [6.07, 6.45) is 3.76. The zero-order chi connectivity index (χ0) is 13.8. The molecule has 1 aromatic carbocycles. The minimum absolute atomic E-state index is 0.0734. The molecule has 1 aromatic heterocycles. The fraction of sp³-hybridized carbons (Fsp3) is 0.286. The number of hydrogen-bond donors (Lipinski definition) is 1. The van der Waals surface area contributed by atoms with Gasteiger partial charge in [0.15, 0.2) is 0 Å². The van der Waals surface area contributed by atoms with Crippen LogP contribution in [0.2, 0.25) is 0 Å². The van der Waals surface area contributed by atoms with E-state index in [1.165, 1.54) is 0 Å². The lowest BCUT2D eigenvalue weighted by molar-refractivity contribution is 0.0951. The Morgan fingerprint density at radius 2 is 2.16 bits per heavy atom. The Hall–Kier alpha value is -1.62. The Balaban J connectivity index is 1.90. The summed E-state index contributed by atoms with van der Waals surface area (Å²) in [4.78, 5) is 12.0. The highest BCUT2D eigenvalue weighted by Crippen LogP contribution is 2.18. The van der Waals surface area contributed by atoms with Gasteiger partial charge >= 0.3 is 0 Å². The van der Waals surface area contributed by atoms with Gasteiger partial charge in [0.2, 0.25) is 0 Å². The van der Waals surface area contributed by atoms with Crippen molar-refractivity contribution in [3.8, 4) is 0 Å². The van der Waals surface area contributed by atoms with Crippen molar-refractivity contribution in [2.45, 2.75) is 20.4 Å². The van der Waals surface area contributed by atoms with E-state index in [9.17, 15) is 4.79 Å². The quantitative estimate of drug-likeness (QED) is 0.941. The van der Waals surface area contributed by atoms with E-state index in [2.05, 4.69) is 26.3 Å². The molecule has 0 aliphatic heterocycles. The first-order valence-electron chi connectivity index (χ1n) is 6.09. The van der Waals surface area contributed by atoms with Gasteiger partial charge < -0.3 is 5.32 Å². The highest BCUT2D eigenvalue weighted by atomic mass is 79.9. The lowest BCUT2D eigenvalue weighted by Gasteiger charge is -2.07. The Bertz CT molecular complexity index is 592. The van der Waals surface area contributed by atoms with Crippen LogP contribution in [0, 0.1) is 13.8 Å². The smallest absolute Gasteiger partial charge is 0.252 e. The van der Waals surface area contributed by atoms with Crippen molar-refractivity contribution in [2.24, 2.45) is 0 Å². The Morgan fingerprint density at radius 1 is 1.37 bits per heavy atom. The molecule has 2 aromatic rings. The van der Waals surface area contributed by atoms with Gasteiger partial charge in [0.25, 0.3) is 5.91 Å². The molecule has 4 nitrogen and oxygen atoms in total. The zero-order valence-corrected chi connectivity index (χ0v) is 12.6. The normalized spacial score (nSPS) is 10.5. The second-order valence-electron chi connectivity index (χ2n) is 4.52. The second-order valence-corrected chi connectivity index (χ2v) is 5.37. The van der Waals surface area contributed by atoms with E-state index in [4.69, 9.17) is 0 Å². The summed E-state index contributed by atoms with van der Waals surface area (Å²) >= 11 is 3.41. The van der Waals surface area contributed by atoms with Gasteiger partial charge in [0, 0.05) is 17.2 Å². The number of halogens is 1. The predicted octanol–water partition coefficient (Wildman–Crippen LogP) is 2.69. The molecule has 1 amide bonds. The Morgan fingerprint density at radius 3 is 2.79 bits per heavy atom. The van der Waals surface area contributed by atoms with Gasteiger partial charge in [-0.3, -0.25) is 9.48 Å². The second kappa shape index (κ2) is 6.02. The van der Waals surface area contributed by atoms with Crippen LogP contribution in [0.25, 0.3) is 0 Å². The molecule has 0 bridgehead atoms. The molecule has 0 atom stereocenters. The molecule has 2 rings (SSSR count). The van der Waals surface area contributed by atoms with E-state index in [-0.39, 0.29) is 5.91 Å². The number of nitrogens with zero attached hydrogens (tertiary/aromatic N) is 2. The van der Waals surface area contributed by atoms with Gasteiger partial charge in [0.05, 0.1) is 18.3 Å². The average molecular weight is 322 g/mol. The van der Waals surface area contributed by atoms with E-state index < -0.39 is 0 Å². The van der Waals surface area contributed by atoms with Crippen molar-refractivity contribution in [3.63, 3.8) is 0 Å². The Kier molecular flexibility index (Phi) is 4.37. The average Bonchev–Trinajstić information content (AvgIpc) is 2.75. The molecular weight excluding hydrogens is 306 g/mol.